The molecule has 166 valence electrons. The number of nitrogen functional groups attached to an aromatic ring is 1. The van der Waals surface area contributed by atoms with Crippen molar-refractivity contribution in [3.8, 4) is 0 Å². The predicted molar refractivity (Wildman–Crippen MR) is 122 cm³/mol. The molecule has 0 aliphatic heterocycles. The Hall–Kier alpha value is -3.25. The number of non-ortho nitro benzene ring substituents is 1. The molecule has 32 heavy (non-hydrogen) atoms. The summed E-state index contributed by atoms with van der Waals surface area (Å²) < 4.78 is 0. The fraction of sp³-hybridized carbons (Fsp3) is 0.300. The topological polar surface area (TPSA) is 153 Å². The monoisotopic (exact) mass is 472 g/mol. The van der Waals surface area contributed by atoms with E-state index in [-0.39, 0.29) is 17.0 Å². The third-order valence-electron chi connectivity index (χ3n) is 5.13. The van der Waals surface area contributed by atoms with Crippen molar-refractivity contribution in [3.63, 3.8) is 0 Å². The number of nitro benzene ring substituents is 1. The van der Waals surface area contributed by atoms with Gasteiger partial charge < -0.3 is 5.73 Å². The number of nitrogens with zero attached hydrogens (tertiary/aromatic N) is 3. The lowest BCUT2D eigenvalue weighted by Crippen LogP contribution is -2.42. The maximum atomic E-state index is 12.1. The summed E-state index contributed by atoms with van der Waals surface area (Å²) in [4.78, 5) is 45.5. The Bertz CT molecular complexity index is 1230. The van der Waals surface area contributed by atoms with Crippen molar-refractivity contribution in [2.75, 3.05) is 11.5 Å². The highest BCUT2D eigenvalue weighted by molar-refractivity contribution is 7.99. The van der Waals surface area contributed by atoms with E-state index in [1.165, 1.54) is 28.6 Å². The van der Waals surface area contributed by atoms with Gasteiger partial charge in [-0.25, -0.2) is 9.97 Å². The zero-order valence-electron chi connectivity index (χ0n) is 17.1. The minimum atomic E-state index is -0.660. The van der Waals surface area contributed by atoms with Crippen LogP contribution in [-0.4, -0.2) is 32.5 Å². The van der Waals surface area contributed by atoms with Crippen LogP contribution in [0.15, 0.2) is 29.4 Å². The van der Waals surface area contributed by atoms with Gasteiger partial charge in [-0.3, -0.25) is 30.6 Å². The van der Waals surface area contributed by atoms with Crippen molar-refractivity contribution in [1.29, 1.82) is 0 Å². The third kappa shape index (κ3) is 4.65. The van der Waals surface area contributed by atoms with Crippen LogP contribution in [-0.2, 0) is 17.6 Å². The Kier molecular flexibility index (Phi) is 6.24. The molecule has 10 nitrogen and oxygen atoms in total. The number of nitro groups is 1. The molecule has 0 spiro atoms. The fourth-order valence-electron chi connectivity index (χ4n) is 3.54. The van der Waals surface area contributed by atoms with Gasteiger partial charge in [0.05, 0.1) is 16.1 Å². The number of thiophene rings is 1. The van der Waals surface area contributed by atoms with Crippen molar-refractivity contribution in [1.82, 2.24) is 20.8 Å². The lowest BCUT2D eigenvalue weighted by Gasteiger charge is -2.17. The maximum Gasteiger partial charge on any atom is 0.270 e. The standard InChI is InChI=1S/C20H20N6O4S2/c1-10-5-6-13-14(7-10)32-19-16(13)17(21)22-20(23-19)31-9-15(27)24-25-18(28)11-3-2-4-12(8-11)26(29)30/h2-4,8,10H,5-7,9H2,1H3,(H,24,27)(H,25,28)(H2,21,22,23). The maximum absolute atomic E-state index is 12.1. The van der Waals surface area contributed by atoms with Crippen LogP contribution in [0.2, 0.25) is 0 Å². The van der Waals surface area contributed by atoms with Crippen molar-refractivity contribution in [2.24, 2.45) is 5.92 Å². The number of thioether (sulfide) groups is 1. The van der Waals surface area contributed by atoms with E-state index in [1.807, 2.05) is 0 Å². The van der Waals surface area contributed by atoms with Gasteiger partial charge in [0.25, 0.3) is 11.6 Å². The van der Waals surface area contributed by atoms with Crippen LogP contribution in [0.25, 0.3) is 10.2 Å². The van der Waals surface area contributed by atoms with Gasteiger partial charge >= 0.3 is 0 Å². The molecule has 0 saturated heterocycles. The number of nitrogens with one attached hydrogen (secondary N) is 2. The molecule has 0 fully saturated rings. The Morgan fingerprint density at radius 1 is 1.34 bits per heavy atom. The van der Waals surface area contributed by atoms with E-state index in [2.05, 4.69) is 27.7 Å². The van der Waals surface area contributed by atoms with Gasteiger partial charge in [-0.15, -0.1) is 11.3 Å². The number of nitrogens with two attached hydrogens (primary N) is 1. The van der Waals surface area contributed by atoms with Crippen molar-refractivity contribution in [2.45, 2.75) is 31.3 Å². The van der Waals surface area contributed by atoms with Gasteiger partial charge in [0.2, 0.25) is 5.91 Å². The van der Waals surface area contributed by atoms with Crippen LogP contribution in [0.4, 0.5) is 11.5 Å². The number of carbonyl (C=O) groups excluding carboxylic acids is 2. The van der Waals surface area contributed by atoms with Gasteiger partial charge in [-0.05, 0) is 36.8 Å². The Balaban J connectivity index is 1.36. The summed E-state index contributed by atoms with van der Waals surface area (Å²) >= 11 is 2.74. The lowest BCUT2D eigenvalue weighted by atomic mass is 9.89. The van der Waals surface area contributed by atoms with Crippen molar-refractivity contribution >= 4 is 56.6 Å². The quantitative estimate of drug-likeness (QED) is 0.222. The first-order chi connectivity index (χ1) is 15.3. The van der Waals surface area contributed by atoms with Gasteiger partial charge in [0.15, 0.2) is 5.16 Å². The summed E-state index contributed by atoms with van der Waals surface area (Å²) in [5.41, 5.74) is 11.8. The molecule has 1 aliphatic carbocycles. The summed E-state index contributed by atoms with van der Waals surface area (Å²) in [6.45, 7) is 2.24. The van der Waals surface area contributed by atoms with E-state index in [4.69, 9.17) is 5.73 Å². The average molecular weight is 473 g/mol. The summed E-state index contributed by atoms with van der Waals surface area (Å²) in [6, 6.07) is 5.21. The number of rotatable bonds is 5. The second-order valence-corrected chi connectivity index (χ2v) is 9.55. The number of benzene rings is 1. The number of hydrazine groups is 1. The van der Waals surface area contributed by atoms with Gasteiger partial charge in [-0.2, -0.15) is 0 Å². The minimum absolute atomic E-state index is 0.0394. The molecule has 1 aliphatic rings. The highest BCUT2D eigenvalue weighted by atomic mass is 32.2. The molecular formula is C20H20N6O4S2. The summed E-state index contributed by atoms with van der Waals surface area (Å²) in [7, 11) is 0. The van der Waals surface area contributed by atoms with Crippen molar-refractivity contribution in [3.05, 3.63) is 50.4 Å². The molecular weight excluding hydrogens is 452 g/mol. The van der Waals surface area contributed by atoms with Crippen LogP contribution in [0, 0.1) is 16.0 Å². The van der Waals surface area contributed by atoms with Crippen LogP contribution < -0.4 is 16.6 Å². The lowest BCUT2D eigenvalue weighted by molar-refractivity contribution is -0.384. The smallest absolute Gasteiger partial charge is 0.270 e. The molecule has 2 amide bonds. The second kappa shape index (κ2) is 9.09. The number of amides is 2. The third-order valence-corrected chi connectivity index (χ3v) is 7.13. The molecule has 4 rings (SSSR count). The highest BCUT2D eigenvalue weighted by Gasteiger charge is 2.23. The van der Waals surface area contributed by atoms with Crippen LogP contribution >= 0.6 is 23.1 Å². The number of fused-ring (bicyclic) bond motifs is 3. The number of anilines is 1. The first-order valence-corrected chi connectivity index (χ1v) is 11.7. The predicted octanol–water partition coefficient (Wildman–Crippen LogP) is 2.86. The number of aromatic nitrogens is 2. The van der Waals surface area contributed by atoms with E-state index >= 15 is 0 Å². The number of hydrogen-bond acceptors (Lipinski definition) is 9. The minimum Gasteiger partial charge on any atom is -0.383 e. The van der Waals surface area contributed by atoms with E-state index in [1.54, 1.807) is 11.3 Å². The molecule has 0 saturated carbocycles. The normalized spacial score (nSPS) is 15.2. The first kappa shape index (κ1) is 22.0. The second-order valence-electron chi connectivity index (χ2n) is 7.52. The first-order valence-electron chi connectivity index (χ1n) is 9.86. The molecule has 0 bridgehead atoms. The van der Waals surface area contributed by atoms with Crippen LogP contribution in [0.5, 0.6) is 0 Å². The molecule has 1 atom stereocenters. The summed E-state index contributed by atoms with van der Waals surface area (Å²) in [6.07, 6.45) is 3.12. The van der Waals surface area contributed by atoms with E-state index in [9.17, 15) is 19.7 Å². The van der Waals surface area contributed by atoms with E-state index in [0.29, 0.717) is 16.9 Å². The molecule has 2 heterocycles. The van der Waals surface area contributed by atoms with Crippen LogP contribution in [0.1, 0.15) is 34.1 Å². The highest BCUT2D eigenvalue weighted by Crippen LogP contribution is 2.39. The Morgan fingerprint density at radius 3 is 2.94 bits per heavy atom. The SMILES string of the molecule is CC1CCc2c(sc3nc(SCC(=O)NNC(=O)c4cccc([N+](=O)[O-])c4)nc(N)c23)C1. The Labute approximate surface area is 191 Å². The summed E-state index contributed by atoms with van der Waals surface area (Å²) in [5, 5.41) is 12.1. The number of hydrogen-bond donors (Lipinski definition) is 3. The van der Waals surface area contributed by atoms with Crippen molar-refractivity contribution < 1.29 is 14.5 Å². The van der Waals surface area contributed by atoms with Crippen LogP contribution in [0.3, 0.4) is 0 Å². The molecule has 0 radical (unpaired) electrons. The number of aryl methyl sites for hydroxylation is 1. The largest absolute Gasteiger partial charge is 0.383 e. The zero-order chi connectivity index (χ0) is 22.8. The number of carbonyl (C=O) groups is 2. The summed E-state index contributed by atoms with van der Waals surface area (Å²) in [5.74, 6) is -0.117. The molecule has 4 N–H and O–H groups in total. The van der Waals surface area contributed by atoms with Gasteiger partial charge in [-0.1, -0.05) is 24.8 Å². The van der Waals surface area contributed by atoms with Gasteiger partial charge in [0.1, 0.15) is 10.6 Å². The van der Waals surface area contributed by atoms with E-state index < -0.39 is 16.7 Å². The molecule has 2 aromatic heterocycles. The molecule has 3 aromatic rings. The Morgan fingerprint density at radius 2 is 2.16 bits per heavy atom. The fourth-order valence-corrected chi connectivity index (χ4v) is 5.64. The van der Waals surface area contributed by atoms with Gasteiger partial charge in [0, 0.05) is 22.6 Å². The molecule has 1 unspecified atom stereocenters. The van der Waals surface area contributed by atoms with E-state index in [0.717, 1.165) is 47.3 Å². The zero-order valence-corrected chi connectivity index (χ0v) is 18.7. The molecule has 1 aromatic carbocycles. The molecule has 12 heteroatoms. The average Bonchev–Trinajstić information content (AvgIpc) is 3.13.